The van der Waals surface area contributed by atoms with Crippen LogP contribution in [0.15, 0.2) is 23.0 Å². The number of anilines is 1. The van der Waals surface area contributed by atoms with Crippen molar-refractivity contribution in [3.8, 4) is 0 Å². The molecule has 2 amide bonds. The lowest BCUT2D eigenvalue weighted by Gasteiger charge is -2.32. The summed E-state index contributed by atoms with van der Waals surface area (Å²) in [5.74, 6) is 0.391. The third-order valence-corrected chi connectivity index (χ3v) is 7.44. The zero-order valence-electron chi connectivity index (χ0n) is 20.1. The average Bonchev–Trinajstić information content (AvgIpc) is 3.12. The predicted octanol–water partition coefficient (Wildman–Crippen LogP) is 3.65. The first-order chi connectivity index (χ1) is 16.2. The van der Waals surface area contributed by atoms with Crippen LogP contribution in [0.25, 0.3) is 10.2 Å². The van der Waals surface area contributed by atoms with Gasteiger partial charge in [0.2, 0.25) is 5.91 Å². The van der Waals surface area contributed by atoms with Crippen LogP contribution in [-0.2, 0) is 11.3 Å². The monoisotopic (exact) mass is 481 g/mol. The molecule has 34 heavy (non-hydrogen) atoms. The number of thiophene rings is 1. The second-order valence-corrected chi connectivity index (χ2v) is 10.0. The van der Waals surface area contributed by atoms with Crippen molar-refractivity contribution in [3.63, 3.8) is 0 Å². The SMILES string of the molecule is CCC(=O)NC1CCCN(Cc2nc3sc(C(=O)Nc4ccc(C)cc4C)c(C)c3c(=O)[nH]2)C1. The molecule has 0 bridgehead atoms. The van der Waals surface area contributed by atoms with E-state index < -0.39 is 0 Å². The Kier molecular flexibility index (Phi) is 7.13. The normalized spacial score (nSPS) is 16.5. The van der Waals surface area contributed by atoms with Crippen LogP contribution >= 0.6 is 11.3 Å². The van der Waals surface area contributed by atoms with Crippen molar-refractivity contribution in [2.75, 3.05) is 18.4 Å². The van der Waals surface area contributed by atoms with E-state index >= 15 is 0 Å². The minimum absolute atomic E-state index is 0.0560. The molecule has 1 atom stereocenters. The molecule has 1 unspecified atom stereocenters. The van der Waals surface area contributed by atoms with E-state index in [1.54, 1.807) is 6.92 Å². The number of likely N-dealkylation sites (tertiary alicyclic amines) is 1. The topological polar surface area (TPSA) is 107 Å². The van der Waals surface area contributed by atoms with Gasteiger partial charge < -0.3 is 15.6 Å². The molecule has 4 rings (SSSR count). The number of hydrogen-bond donors (Lipinski definition) is 3. The maximum atomic E-state index is 13.0. The Morgan fingerprint density at radius 1 is 1.26 bits per heavy atom. The van der Waals surface area contributed by atoms with Gasteiger partial charge in [-0.15, -0.1) is 11.3 Å². The minimum Gasteiger partial charge on any atom is -0.352 e. The van der Waals surface area contributed by atoms with Crippen LogP contribution in [0.4, 0.5) is 5.69 Å². The third kappa shape index (κ3) is 5.20. The molecular formula is C25H31N5O3S. The zero-order valence-corrected chi connectivity index (χ0v) is 20.9. The highest BCUT2D eigenvalue weighted by Crippen LogP contribution is 2.28. The molecule has 1 saturated heterocycles. The van der Waals surface area contributed by atoms with E-state index in [1.807, 2.05) is 39.0 Å². The molecule has 3 N–H and O–H groups in total. The lowest BCUT2D eigenvalue weighted by molar-refractivity contribution is -0.121. The smallest absolute Gasteiger partial charge is 0.266 e. The highest BCUT2D eigenvalue weighted by Gasteiger charge is 2.23. The number of rotatable bonds is 6. The fraction of sp³-hybridized carbons (Fsp3) is 0.440. The van der Waals surface area contributed by atoms with Gasteiger partial charge in [-0.3, -0.25) is 19.3 Å². The maximum Gasteiger partial charge on any atom is 0.266 e. The molecule has 0 radical (unpaired) electrons. The Balaban J connectivity index is 1.54. The Morgan fingerprint density at radius 2 is 2.06 bits per heavy atom. The van der Waals surface area contributed by atoms with Crippen LogP contribution in [0.1, 0.15) is 58.4 Å². The largest absolute Gasteiger partial charge is 0.352 e. The van der Waals surface area contributed by atoms with Gasteiger partial charge in [0, 0.05) is 24.7 Å². The zero-order chi connectivity index (χ0) is 24.4. The molecule has 1 fully saturated rings. The first kappa shape index (κ1) is 24.1. The molecule has 0 saturated carbocycles. The third-order valence-electron chi connectivity index (χ3n) is 6.25. The molecule has 180 valence electrons. The van der Waals surface area contributed by atoms with E-state index in [0.717, 1.165) is 42.7 Å². The quantitative estimate of drug-likeness (QED) is 0.498. The van der Waals surface area contributed by atoms with Gasteiger partial charge in [0.1, 0.15) is 10.7 Å². The van der Waals surface area contributed by atoms with Crippen LogP contribution in [0.3, 0.4) is 0 Å². The van der Waals surface area contributed by atoms with Crippen molar-refractivity contribution in [2.45, 2.75) is 59.5 Å². The van der Waals surface area contributed by atoms with Gasteiger partial charge in [-0.2, -0.15) is 0 Å². The van der Waals surface area contributed by atoms with E-state index in [9.17, 15) is 14.4 Å². The second-order valence-electron chi connectivity index (χ2n) is 9.02. The molecule has 0 aliphatic carbocycles. The molecule has 8 nitrogen and oxygen atoms in total. The number of amides is 2. The number of piperidine rings is 1. The van der Waals surface area contributed by atoms with Gasteiger partial charge in [0.25, 0.3) is 11.5 Å². The highest BCUT2D eigenvalue weighted by molar-refractivity contribution is 7.20. The summed E-state index contributed by atoms with van der Waals surface area (Å²) in [6.45, 7) is 9.70. The Morgan fingerprint density at radius 3 is 2.79 bits per heavy atom. The van der Waals surface area contributed by atoms with E-state index in [-0.39, 0.29) is 23.4 Å². The number of aromatic nitrogens is 2. The summed E-state index contributed by atoms with van der Waals surface area (Å²) in [6, 6.07) is 5.98. The van der Waals surface area contributed by atoms with Crippen molar-refractivity contribution in [3.05, 3.63) is 55.9 Å². The summed E-state index contributed by atoms with van der Waals surface area (Å²) in [5, 5.41) is 6.49. The Bertz CT molecular complexity index is 1300. The minimum atomic E-state index is -0.237. The van der Waals surface area contributed by atoms with Crippen molar-refractivity contribution < 1.29 is 9.59 Å². The summed E-state index contributed by atoms with van der Waals surface area (Å²) in [6.07, 6.45) is 2.40. The van der Waals surface area contributed by atoms with Crippen molar-refractivity contribution in [1.29, 1.82) is 0 Å². The number of H-pyrrole nitrogens is 1. The molecular weight excluding hydrogens is 450 g/mol. The van der Waals surface area contributed by atoms with E-state index in [4.69, 9.17) is 0 Å². The van der Waals surface area contributed by atoms with Crippen LogP contribution in [0.2, 0.25) is 0 Å². The Hall–Kier alpha value is -3.04. The lowest BCUT2D eigenvalue weighted by Crippen LogP contribution is -2.47. The number of nitrogens with one attached hydrogen (secondary N) is 3. The summed E-state index contributed by atoms with van der Waals surface area (Å²) in [5.41, 5.74) is 3.28. The van der Waals surface area contributed by atoms with Crippen molar-refractivity contribution >= 4 is 39.1 Å². The number of fused-ring (bicyclic) bond motifs is 1. The maximum absolute atomic E-state index is 13.0. The number of hydrogen-bond acceptors (Lipinski definition) is 6. The van der Waals surface area contributed by atoms with Crippen LogP contribution in [0, 0.1) is 20.8 Å². The number of nitrogens with zero attached hydrogens (tertiary/aromatic N) is 2. The number of carbonyl (C=O) groups is 2. The lowest BCUT2D eigenvalue weighted by atomic mass is 10.1. The van der Waals surface area contributed by atoms with E-state index in [0.29, 0.717) is 39.4 Å². The fourth-order valence-electron chi connectivity index (χ4n) is 4.47. The van der Waals surface area contributed by atoms with Gasteiger partial charge in [-0.25, -0.2) is 4.98 Å². The molecule has 3 aromatic rings. The highest BCUT2D eigenvalue weighted by atomic mass is 32.1. The van der Waals surface area contributed by atoms with E-state index in [1.165, 1.54) is 11.3 Å². The summed E-state index contributed by atoms with van der Waals surface area (Å²) < 4.78 is 0. The van der Waals surface area contributed by atoms with Crippen molar-refractivity contribution in [1.82, 2.24) is 20.2 Å². The van der Waals surface area contributed by atoms with Crippen molar-refractivity contribution in [2.24, 2.45) is 0 Å². The van der Waals surface area contributed by atoms with Crippen LogP contribution in [0.5, 0.6) is 0 Å². The number of benzene rings is 1. The van der Waals surface area contributed by atoms with Gasteiger partial charge in [-0.1, -0.05) is 24.6 Å². The van der Waals surface area contributed by atoms with Crippen LogP contribution < -0.4 is 16.2 Å². The Labute approximate surface area is 202 Å². The van der Waals surface area contributed by atoms with Gasteiger partial charge in [0.05, 0.1) is 16.8 Å². The molecule has 1 aliphatic heterocycles. The van der Waals surface area contributed by atoms with E-state index in [2.05, 4.69) is 25.5 Å². The van der Waals surface area contributed by atoms with Gasteiger partial charge in [0.15, 0.2) is 0 Å². The molecule has 9 heteroatoms. The number of carbonyl (C=O) groups excluding carboxylic acids is 2. The molecule has 2 aromatic heterocycles. The standard InChI is InChI=1S/C25H31N5O3S/c1-5-20(31)26-17-7-6-10-30(12-17)13-19-28-23(32)21-16(4)22(34-25(21)29-19)24(33)27-18-9-8-14(2)11-15(18)3/h8-9,11,17H,5-7,10,12-13H2,1-4H3,(H,26,31)(H,27,33)(H,28,29,32). The predicted molar refractivity (Wildman–Crippen MR) is 136 cm³/mol. The average molecular weight is 482 g/mol. The molecule has 1 aromatic carbocycles. The summed E-state index contributed by atoms with van der Waals surface area (Å²) in [7, 11) is 0. The molecule has 3 heterocycles. The summed E-state index contributed by atoms with van der Waals surface area (Å²) in [4.78, 5) is 48.5. The van der Waals surface area contributed by atoms with Crippen LogP contribution in [-0.4, -0.2) is 45.8 Å². The van der Waals surface area contributed by atoms with Gasteiger partial charge >= 0.3 is 0 Å². The second kappa shape index (κ2) is 10.1. The molecule has 0 spiro atoms. The fourth-order valence-corrected chi connectivity index (χ4v) is 5.57. The molecule has 1 aliphatic rings. The first-order valence-corrected chi connectivity index (χ1v) is 12.5. The summed E-state index contributed by atoms with van der Waals surface area (Å²) >= 11 is 1.24. The number of aromatic amines is 1. The van der Waals surface area contributed by atoms with Gasteiger partial charge in [-0.05, 0) is 57.4 Å². The first-order valence-electron chi connectivity index (χ1n) is 11.7. The number of aryl methyl sites for hydroxylation is 3.